The van der Waals surface area contributed by atoms with Crippen LogP contribution in [0.3, 0.4) is 0 Å². The maximum Gasteiger partial charge on any atom is 0.524 e. The predicted octanol–water partition coefficient (Wildman–Crippen LogP) is 2.69. The van der Waals surface area contributed by atoms with Crippen LogP contribution in [0.5, 0.6) is 5.75 Å². The number of phosphoric ester groups is 1. The second-order valence-corrected chi connectivity index (χ2v) is 18.4. The molecule has 1 atom stereocenters. The van der Waals surface area contributed by atoms with Gasteiger partial charge in [0.05, 0.1) is 11.2 Å². The van der Waals surface area contributed by atoms with Crippen molar-refractivity contribution in [2.75, 3.05) is 37.0 Å². The molecule has 0 spiro atoms. The van der Waals surface area contributed by atoms with Crippen molar-refractivity contribution in [3.8, 4) is 5.75 Å². The van der Waals surface area contributed by atoms with E-state index in [9.17, 15) is 57.7 Å². The molecule has 49 heavy (non-hydrogen) atoms. The average molecular weight is 746 g/mol. The standard InChI is InChI=1S/C29H35FN3O13P3/c1-29(2,21-11-18(47(38,39)16-48(40,41)42)5-6-25(21)46-49(43,44)45)14-26(34)32-9-7-31(8-10-32)24-13-23-19(12-22(24)30)27(35)20(28(36)37)15-33(23)17-3-4-17/h5-6,11-13,15,17H,3-4,7-10,14,16H2,1-2H3,(H,36,37)(H,38,39)(H2,40,41,42)(H2,43,44,45). The van der Waals surface area contributed by atoms with Crippen molar-refractivity contribution in [1.29, 1.82) is 0 Å². The molecule has 1 amide bonds. The SMILES string of the molecule is CC(C)(CC(=O)N1CCN(c2cc3c(cc2F)c(=O)c(C(=O)O)cn3C2CC2)CC1)c1cc(P(=O)(O)CP(=O)(O)O)ccc1OP(=O)(O)O. The minimum atomic E-state index is -5.14. The number of benzene rings is 2. The Hall–Kier alpha value is -3.39. The normalized spacial score (nSPS) is 17.2. The Bertz CT molecular complexity index is 2050. The number of carboxylic acids is 1. The monoisotopic (exact) mass is 745 g/mol. The Kier molecular flexibility index (Phi) is 9.83. The zero-order chi connectivity index (χ0) is 36.3. The van der Waals surface area contributed by atoms with Crippen LogP contribution >= 0.6 is 22.8 Å². The molecule has 16 nitrogen and oxygen atoms in total. The molecule has 2 aromatic carbocycles. The van der Waals surface area contributed by atoms with Gasteiger partial charge in [-0.3, -0.25) is 28.5 Å². The third-order valence-corrected chi connectivity index (χ3v) is 13.1. The summed E-state index contributed by atoms with van der Waals surface area (Å²) in [7, 11) is -14.7. The van der Waals surface area contributed by atoms with E-state index in [4.69, 9.17) is 4.52 Å². The van der Waals surface area contributed by atoms with Gasteiger partial charge in [0.1, 0.15) is 23.0 Å². The maximum absolute atomic E-state index is 15.4. The number of halogens is 1. The van der Waals surface area contributed by atoms with Gasteiger partial charge in [-0.1, -0.05) is 13.8 Å². The number of amides is 1. The van der Waals surface area contributed by atoms with Crippen LogP contribution in [0, 0.1) is 5.82 Å². The van der Waals surface area contributed by atoms with Crippen LogP contribution in [-0.4, -0.2) is 83.0 Å². The quantitative estimate of drug-likeness (QED) is 0.155. The molecule has 1 aliphatic carbocycles. The Morgan fingerprint density at radius 3 is 2.16 bits per heavy atom. The summed E-state index contributed by atoms with van der Waals surface area (Å²) in [4.78, 5) is 89.1. The van der Waals surface area contributed by atoms with Gasteiger partial charge in [0.15, 0.2) is 0 Å². The van der Waals surface area contributed by atoms with Gasteiger partial charge in [-0.2, -0.15) is 0 Å². The number of hydrogen-bond acceptors (Lipinski definition) is 8. The van der Waals surface area contributed by atoms with Gasteiger partial charge in [0.25, 0.3) is 0 Å². The van der Waals surface area contributed by atoms with Gasteiger partial charge in [-0.05, 0) is 43.2 Å². The molecule has 1 saturated heterocycles. The Labute approximate surface area is 278 Å². The van der Waals surface area contributed by atoms with Crippen LogP contribution in [0.4, 0.5) is 10.1 Å². The molecule has 0 bridgehead atoms. The van der Waals surface area contributed by atoms with Crippen molar-refractivity contribution < 1.29 is 61.8 Å². The molecule has 6 N–H and O–H groups in total. The summed E-state index contributed by atoms with van der Waals surface area (Å²) in [5.41, 5.74) is -2.00. The molecule has 2 heterocycles. The first kappa shape index (κ1) is 36.9. The zero-order valence-corrected chi connectivity index (χ0v) is 29.0. The topological polar surface area (TPSA) is 244 Å². The highest BCUT2D eigenvalue weighted by Crippen LogP contribution is 2.55. The van der Waals surface area contributed by atoms with E-state index in [0.717, 1.165) is 37.1 Å². The molecule has 266 valence electrons. The van der Waals surface area contributed by atoms with Crippen LogP contribution in [0.25, 0.3) is 10.9 Å². The largest absolute Gasteiger partial charge is 0.524 e. The van der Waals surface area contributed by atoms with E-state index in [1.807, 2.05) is 0 Å². The number of piperazine rings is 1. The number of fused-ring (bicyclic) bond motifs is 1. The molecule has 3 aromatic rings. The van der Waals surface area contributed by atoms with Crippen molar-refractivity contribution in [1.82, 2.24) is 9.47 Å². The van der Waals surface area contributed by atoms with E-state index in [-0.39, 0.29) is 55.3 Å². The van der Waals surface area contributed by atoms with Crippen LogP contribution in [0.1, 0.15) is 55.1 Å². The first-order valence-corrected chi connectivity index (χ1v) is 20.1. The molecule has 20 heteroatoms. The van der Waals surface area contributed by atoms with Gasteiger partial charge in [-0.25, -0.2) is 13.8 Å². The summed E-state index contributed by atoms with van der Waals surface area (Å²) in [5, 5.41) is 9.03. The van der Waals surface area contributed by atoms with Crippen molar-refractivity contribution in [3.63, 3.8) is 0 Å². The van der Waals surface area contributed by atoms with Crippen molar-refractivity contribution >= 4 is 56.6 Å². The highest BCUT2D eigenvalue weighted by molar-refractivity contribution is 7.77. The minimum Gasteiger partial charge on any atom is -0.477 e. The average Bonchev–Trinajstić information content (AvgIpc) is 3.80. The van der Waals surface area contributed by atoms with Gasteiger partial charge in [0.2, 0.25) is 18.7 Å². The van der Waals surface area contributed by atoms with Gasteiger partial charge < -0.3 is 38.7 Å². The lowest BCUT2D eigenvalue weighted by Gasteiger charge is -2.38. The van der Waals surface area contributed by atoms with Crippen LogP contribution in [0.2, 0.25) is 0 Å². The third-order valence-electron chi connectivity index (χ3n) is 8.53. The molecular formula is C29H35FN3O13P3. The number of hydrogen-bond donors (Lipinski definition) is 6. The number of aromatic carboxylic acids is 1. The van der Waals surface area contributed by atoms with Gasteiger partial charge in [0, 0.05) is 66.5 Å². The lowest BCUT2D eigenvalue weighted by atomic mass is 9.80. The lowest BCUT2D eigenvalue weighted by Crippen LogP contribution is -2.50. The summed E-state index contributed by atoms with van der Waals surface area (Å²) in [6, 6.07) is 5.52. The Balaban J connectivity index is 1.37. The van der Waals surface area contributed by atoms with Crippen LogP contribution in [-0.2, 0) is 23.9 Å². The van der Waals surface area contributed by atoms with E-state index >= 15 is 4.39 Å². The molecule has 0 radical (unpaired) electrons. The van der Waals surface area contributed by atoms with Gasteiger partial charge in [-0.15, -0.1) is 0 Å². The van der Waals surface area contributed by atoms with Crippen LogP contribution in [0.15, 0.2) is 41.3 Å². The summed E-state index contributed by atoms with van der Waals surface area (Å²) < 4.78 is 57.9. The maximum atomic E-state index is 15.4. The Morgan fingerprint density at radius 1 is 0.980 bits per heavy atom. The number of carbonyl (C=O) groups is 2. The smallest absolute Gasteiger partial charge is 0.477 e. The summed E-state index contributed by atoms with van der Waals surface area (Å²) in [5.74, 6) is -4.32. The van der Waals surface area contributed by atoms with E-state index < -0.39 is 73.8 Å². The molecule has 1 saturated carbocycles. The van der Waals surface area contributed by atoms with Crippen molar-refractivity contribution in [2.45, 2.75) is 44.6 Å². The van der Waals surface area contributed by atoms with Crippen LogP contribution < -0.4 is 20.2 Å². The number of phosphoric acid groups is 1. The minimum absolute atomic E-state index is 0.0129. The Morgan fingerprint density at radius 2 is 1.61 bits per heavy atom. The van der Waals surface area contributed by atoms with E-state index in [0.29, 0.717) is 5.52 Å². The molecule has 1 aliphatic heterocycles. The van der Waals surface area contributed by atoms with Crippen molar-refractivity contribution in [3.05, 3.63) is 63.7 Å². The number of pyridine rings is 1. The number of rotatable bonds is 11. The molecular weight excluding hydrogens is 710 g/mol. The first-order valence-electron chi connectivity index (χ1n) is 15.0. The first-order chi connectivity index (χ1) is 22.6. The molecule has 5 rings (SSSR count). The van der Waals surface area contributed by atoms with Gasteiger partial charge >= 0.3 is 21.4 Å². The third kappa shape index (κ3) is 8.33. The second-order valence-electron chi connectivity index (χ2n) is 12.8. The van der Waals surface area contributed by atoms with Crippen molar-refractivity contribution in [2.24, 2.45) is 0 Å². The molecule has 1 unspecified atom stereocenters. The summed E-state index contributed by atoms with van der Waals surface area (Å²) in [6.07, 6.45) is 2.56. The molecule has 1 aromatic heterocycles. The zero-order valence-electron chi connectivity index (χ0n) is 26.3. The fraction of sp³-hybridized carbons (Fsp3) is 0.414. The number of nitrogens with zero attached hydrogens (tertiary/aromatic N) is 3. The highest BCUT2D eigenvalue weighted by atomic mass is 31.2. The number of carbonyl (C=O) groups excluding carboxylic acids is 1. The fourth-order valence-corrected chi connectivity index (χ4v) is 9.70. The lowest BCUT2D eigenvalue weighted by molar-refractivity contribution is -0.132. The van der Waals surface area contributed by atoms with E-state index in [1.165, 1.54) is 31.0 Å². The highest BCUT2D eigenvalue weighted by Gasteiger charge is 2.37. The van der Waals surface area contributed by atoms with E-state index in [1.54, 1.807) is 9.47 Å². The predicted molar refractivity (Wildman–Crippen MR) is 175 cm³/mol. The number of carboxylic acid groups (broad SMARTS) is 1. The second kappa shape index (κ2) is 13.1. The molecule has 2 fully saturated rings. The number of anilines is 1. The van der Waals surface area contributed by atoms with E-state index in [2.05, 4.69) is 0 Å². The molecule has 2 aliphatic rings. The fourth-order valence-electron chi connectivity index (χ4n) is 5.99. The summed E-state index contributed by atoms with van der Waals surface area (Å²) >= 11 is 0. The number of aromatic nitrogens is 1. The summed E-state index contributed by atoms with van der Waals surface area (Å²) in [6.45, 7) is 3.70.